The first-order valence-corrected chi connectivity index (χ1v) is 6.18. The second-order valence-electron chi connectivity index (χ2n) is 4.80. The molecule has 1 saturated carbocycles. The van der Waals surface area contributed by atoms with Gasteiger partial charge in [0.25, 0.3) is 11.7 Å². The molecule has 1 fully saturated rings. The molecule has 0 aromatic heterocycles. The highest BCUT2D eigenvalue weighted by Crippen LogP contribution is 2.37. The fourth-order valence-electron chi connectivity index (χ4n) is 2.34. The molecule has 1 aliphatic heterocycles. The molecular weight excluding hydrogens is 247 g/mol. The fourth-order valence-corrected chi connectivity index (χ4v) is 2.34. The number of amides is 1. The molecule has 1 N–H and O–H groups in total. The van der Waals surface area contributed by atoms with E-state index >= 15 is 0 Å². The van der Waals surface area contributed by atoms with Crippen molar-refractivity contribution in [3.8, 4) is 0 Å². The van der Waals surface area contributed by atoms with Crippen molar-refractivity contribution in [3.05, 3.63) is 36.2 Å². The van der Waals surface area contributed by atoms with Crippen molar-refractivity contribution in [1.82, 2.24) is 0 Å². The molecule has 1 amide bonds. The van der Waals surface area contributed by atoms with Crippen LogP contribution >= 0.6 is 0 Å². The molecule has 0 atom stereocenters. The molecule has 1 aromatic rings. The largest absolute Gasteiger partial charge is 0.362 e. The van der Waals surface area contributed by atoms with E-state index in [1.807, 2.05) is 4.90 Å². The predicted molar refractivity (Wildman–Crippen MR) is 69.9 cm³/mol. The lowest BCUT2D eigenvalue weighted by Gasteiger charge is -2.24. The normalized spacial score (nSPS) is 17.1. The average Bonchev–Trinajstić information content (AvgIpc) is 3.17. The van der Waals surface area contributed by atoms with Gasteiger partial charge in [0.15, 0.2) is 0 Å². The zero-order valence-corrected chi connectivity index (χ0v) is 10.3. The highest BCUT2D eigenvalue weighted by Gasteiger charge is 2.34. The van der Waals surface area contributed by atoms with Crippen LogP contribution in [-0.2, 0) is 4.79 Å². The lowest BCUT2D eigenvalue weighted by Crippen LogP contribution is -2.26. The minimum Gasteiger partial charge on any atom is -0.362 e. The smallest absolute Gasteiger partial charge is 0.296 e. The van der Waals surface area contributed by atoms with Gasteiger partial charge >= 0.3 is 0 Å². The minimum atomic E-state index is -0.701. The van der Waals surface area contributed by atoms with Gasteiger partial charge in [-0.3, -0.25) is 9.59 Å². The summed E-state index contributed by atoms with van der Waals surface area (Å²) in [4.78, 5) is 24.7. The van der Waals surface area contributed by atoms with E-state index in [2.05, 4.69) is 11.9 Å². The number of halogens is 1. The second kappa shape index (κ2) is 4.19. The minimum absolute atomic E-state index is 0.112. The van der Waals surface area contributed by atoms with E-state index in [4.69, 9.17) is 0 Å². The van der Waals surface area contributed by atoms with Crippen LogP contribution in [0.2, 0.25) is 0 Å². The summed E-state index contributed by atoms with van der Waals surface area (Å²) in [7, 11) is 0. The highest BCUT2D eigenvalue weighted by molar-refractivity contribution is 6.51. The Balaban J connectivity index is 2.03. The van der Waals surface area contributed by atoms with Crippen LogP contribution in [-0.4, -0.2) is 24.3 Å². The number of nitrogens with one attached hydrogen (secondary N) is 1. The Bertz CT molecular complexity index is 593. The van der Waals surface area contributed by atoms with Gasteiger partial charge in [0.1, 0.15) is 5.82 Å². The van der Waals surface area contributed by atoms with E-state index in [9.17, 15) is 14.0 Å². The number of Topliss-reactive ketones (excluding diaryl/α,β-unsaturated/α-hetero) is 1. The van der Waals surface area contributed by atoms with Crippen molar-refractivity contribution < 1.29 is 14.0 Å². The Morgan fingerprint density at radius 3 is 2.79 bits per heavy atom. The molecule has 98 valence electrons. The summed E-state index contributed by atoms with van der Waals surface area (Å²) < 4.78 is 14.1. The van der Waals surface area contributed by atoms with Crippen molar-refractivity contribution in [2.75, 3.05) is 16.8 Å². The van der Waals surface area contributed by atoms with E-state index in [0.717, 1.165) is 18.9 Å². The van der Waals surface area contributed by atoms with Crippen molar-refractivity contribution in [3.63, 3.8) is 0 Å². The lowest BCUT2D eigenvalue weighted by molar-refractivity contribution is -0.112. The number of benzene rings is 1. The Morgan fingerprint density at radius 2 is 2.16 bits per heavy atom. The Kier molecular flexibility index (Phi) is 2.62. The van der Waals surface area contributed by atoms with Gasteiger partial charge in [0.2, 0.25) is 0 Å². The Hall–Kier alpha value is -2.17. The van der Waals surface area contributed by atoms with Crippen LogP contribution in [0, 0.1) is 5.82 Å². The first kappa shape index (κ1) is 11.9. The Labute approximate surface area is 109 Å². The van der Waals surface area contributed by atoms with Crippen molar-refractivity contribution >= 4 is 23.1 Å². The molecule has 5 heteroatoms. The van der Waals surface area contributed by atoms with E-state index in [1.165, 1.54) is 6.07 Å². The molecule has 0 unspecified atom stereocenters. The van der Waals surface area contributed by atoms with E-state index in [1.54, 1.807) is 6.08 Å². The van der Waals surface area contributed by atoms with E-state index < -0.39 is 17.5 Å². The summed E-state index contributed by atoms with van der Waals surface area (Å²) in [5.74, 6) is -1.85. The van der Waals surface area contributed by atoms with Gasteiger partial charge in [-0.05, 0) is 25.0 Å². The number of hydrogen-bond donors (Lipinski definition) is 1. The molecule has 3 rings (SSSR count). The van der Waals surface area contributed by atoms with E-state index in [-0.39, 0.29) is 5.56 Å². The SMILES string of the molecule is C=CCN(c1cc2c(cc1F)C(=O)C(=O)N2)C1CC1. The number of rotatable bonds is 4. The summed E-state index contributed by atoms with van der Waals surface area (Å²) in [5.41, 5.74) is 0.915. The maximum Gasteiger partial charge on any atom is 0.296 e. The molecule has 19 heavy (non-hydrogen) atoms. The van der Waals surface area contributed by atoms with Crippen molar-refractivity contribution in [2.24, 2.45) is 0 Å². The summed E-state index contributed by atoms with van der Waals surface area (Å²) in [6.45, 7) is 4.22. The quantitative estimate of drug-likeness (QED) is 0.666. The molecule has 2 aliphatic rings. The third-order valence-electron chi connectivity index (χ3n) is 3.41. The molecule has 0 saturated heterocycles. The van der Waals surface area contributed by atoms with Crippen LogP contribution in [0.1, 0.15) is 23.2 Å². The molecule has 1 aliphatic carbocycles. The number of fused-ring (bicyclic) bond motifs is 1. The van der Waals surface area contributed by atoms with Crippen LogP contribution in [0.5, 0.6) is 0 Å². The predicted octanol–water partition coefficient (Wildman–Crippen LogP) is 2.12. The summed E-state index contributed by atoms with van der Waals surface area (Å²) in [6, 6.07) is 3.00. The number of nitrogens with zero attached hydrogens (tertiary/aromatic N) is 1. The van der Waals surface area contributed by atoms with Crippen LogP contribution in [0.3, 0.4) is 0 Å². The van der Waals surface area contributed by atoms with Crippen molar-refractivity contribution in [1.29, 1.82) is 0 Å². The maximum absolute atomic E-state index is 14.1. The number of ketones is 1. The molecule has 4 nitrogen and oxygen atoms in total. The molecule has 1 aromatic carbocycles. The molecule has 1 heterocycles. The van der Waals surface area contributed by atoms with Crippen LogP contribution in [0.25, 0.3) is 0 Å². The number of anilines is 2. The lowest BCUT2D eigenvalue weighted by atomic mass is 10.1. The standard InChI is InChI=1S/C14H13FN2O2/c1-2-5-17(8-3-4-8)12-7-11-9(6-10(12)15)13(18)14(19)16-11/h2,6-8H,1,3-5H2,(H,16,18,19). The van der Waals surface area contributed by atoms with Crippen LogP contribution < -0.4 is 10.2 Å². The average molecular weight is 260 g/mol. The topological polar surface area (TPSA) is 49.4 Å². The van der Waals surface area contributed by atoms with Gasteiger partial charge in [-0.1, -0.05) is 6.08 Å². The third-order valence-corrected chi connectivity index (χ3v) is 3.41. The summed E-state index contributed by atoms with van der Waals surface area (Å²) in [5, 5.41) is 2.46. The molecule has 0 bridgehead atoms. The number of carbonyl (C=O) groups is 2. The summed E-state index contributed by atoms with van der Waals surface area (Å²) >= 11 is 0. The van der Waals surface area contributed by atoms with Crippen molar-refractivity contribution in [2.45, 2.75) is 18.9 Å². The van der Waals surface area contributed by atoms with Gasteiger partial charge in [-0.2, -0.15) is 0 Å². The van der Waals surface area contributed by atoms with Gasteiger partial charge < -0.3 is 10.2 Å². The monoisotopic (exact) mass is 260 g/mol. The van der Waals surface area contributed by atoms with Crippen LogP contribution in [0.15, 0.2) is 24.8 Å². The third kappa shape index (κ3) is 1.91. The van der Waals surface area contributed by atoms with Gasteiger partial charge in [-0.15, -0.1) is 6.58 Å². The molecule has 0 spiro atoms. The molecule has 0 radical (unpaired) electrons. The first-order chi connectivity index (χ1) is 9.11. The zero-order valence-electron chi connectivity index (χ0n) is 10.3. The second-order valence-corrected chi connectivity index (χ2v) is 4.80. The number of hydrogen-bond acceptors (Lipinski definition) is 3. The van der Waals surface area contributed by atoms with Crippen LogP contribution in [0.4, 0.5) is 15.8 Å². The van der Waals surface area contributed by atoms with E-state index in [0.29, 0.717) is 24.0 Å². The summed E-state index contributed by atoms with van der Waals surface area (Å²) in [6.07, 6.45) is 3.76. The Morgan fingerprint density at radius 1 is 1.42 bits per heavy atom. The zero-order chi connectivity index (χ0) is 13.6. The molecular formula is C14H13FN2O2. The van der Waals surface area contributed by atoms with Gasteiger partial charge in [0.05, 0.1) is 16.9 Å². The fraction of sp³-hybridized carbons (Fsp3) is 0.286. The number of carbonyl (C=O) groups excluding carboxylic acids is 2. The van der Waals surface area contributed by atoms with Gasteiger partial charge in [-0.25, -0.2) is 4.39 Å². The maximum atomic E-state index is 14.1. The van der Waals surface area contributed by atoms with Gasteiger partial charge in [0, 0.05) is 12.6 Å². The highest BCUT2D eigenvalue weighted by atomic mass is 19.1. The first-order valence-electron chi connectivity index (χ1n) is 6.18.